The van der Waals surface area contributed by atoms with Gasteiger partial charge in [0, 0.05) is 0 Å². The Balaban J connectivity index is 1.91. The number of amides is 1. The van der Waals surface area contributed by atoms with Crippen LogP contribution in [0.5, 0.6) is 5.75 Å². The summed E-state index contributed by atoms with van der Waals surface area (Å²) in [6.45, 7) is 3.56. The van der Waals surface area contributed by atoms with Crippen LogP contribution in [0.3, 0.4) is 0 Å². The zero-order chi connectivity index (χ0) is 15.4. The standard InChI is InChI=1S/C13H13F2N3O2S/c1-7-3-4-8(2)9(5-7)20-6-10(19)16-13-18-17-12(21-13)11(14)15/h3-5,11H,6H2,1-2H3,(H,16,18,19). The fourth-order valence-electron chi connectivity index (χ4n) is 1.53. The van der Waals surface area contributed by atoms with Crippen LogP contribution in [0.4, 0.5) is 13.9 Å². The van der Waals surface area contributed by atoms with E-state index in [4.69, 9.17) is 4.74 Å². The van der Waals surface area contributed by atoms with Crippen LogP contribution in [-0.4, -0.2) is 22.7 Å². The first-order chi connectivity index (χ1) is 9.95. The molecule has 1 aromatic heterocycles. The molecule has 0 spiro atoms. The monoisotopic (exact) mass is 313 g/mol. The van der Waals surface area contributed by atoms with Gasteiger partial charge < -0.3 is 4.74 Å². The van der Waals surface area contributed by atoms with Gasteiger partial charge in [-0.2, -0.15) is 0 Å². The maximum Gasteiger partial charge on any atom is 0.291 e. The average molecular weight is 313 g/mol. The number of aryl methyl sites for hydroxylation is 2. The van der Waals surface area contributed by atoms with Crippen LogP contribution in [0.2, 0.25) is 0 Å². The van der Waals surface area contributed by atoms with E-state index in [-0.39, 0.29) is 11.7 Å². The number of ether oxygens (including phenoxy) is 1. The molecule has 1 N–H and O–H groups in total. The molecule has 0 unspecified atom stereocenters. The second-order valence-corrected chi connectivity index (χ2v) is 5.36. The molecule has 0 aliphatic carbocycles. The molecule has 2 rings (SSSR count). The summed E-state index contributed by atoms with van der Waals surface area (Å²) in [6, 6.07) is 5.65. The van der Waals surface area contributed by atoms with Gasteiger partial charge in [-0.15, -0.1) is 10.2 Å². The van der Waals surface area contributed by atoms with E-state index < -0.39 is 17.3 Å². The molecule has 1 heterocycles. The SMILES string of the molecule is Cc1ccc(C)c(OCC(=O)Nc2nnc(C(F)F)s2)c1. The summed E-state index contributed by atoms with van der Waals surface area (Å²) in [6.07, 6.45) is -2.70. The molecule has 0 saturated heterocycles. The molecular weight excluding hydrogens is 300 g/mol. The van der Waals surface area contributed by atoms with E-state index in [0.717, 1.165) is 11.1 Å². The molecule has 112 valence electrons. The number of benzene rings is 1. The van der Waals surface area contributed by atoms with Gasteiger partial charge >= 0.3 is 0 Å². The Labute approximate surface area is 124 Å². The van der Waals surface area contributed by atoms with Crippen LogP contribution in [0.15, 0.2) is 18.2 Å². The van der Waals surface area contributed by atoms with Crippen LogP contribution in [0, 0.1) is 13.8 Å². The van der Waals surface area contributed by atoms with Crippen LogP contribution < -0.4 is 10.1 Å². The van der Waals surface area contributed by atoms with Crippen molar-refractivity contribution in [1.29, 1.82) is 0 Å². The molecule has 1 aromatic carbocycles. The first-order valence-corrected chi connectivity index (χ1v) is 6.89. The van der Waals surface area contributed by atoms with Crippen molar-refractivity contribution in [2.75, 3.05) is 11.9 Å². The number of alkyl halides is 2. The van der Waals surface area contributed by atoms with E-state index in [2.05, 4.69) is 15.5 Å². The molecule has 0 atom stereocenters. The lowest BCUT2D eigenvalue weighted by Gasteiger charge is -2.09. The molecule has 2 aromatic rings. The fourth-order valence-corrected chi connectivity index (χ4v) is 2.15. The summed E-state index contributed by atoms with van der Waals surface area (Å²) in [4.78, 5) is 11.7. The van der Waals surface area contributed by atoms with Crippen molar-refractivity contribution in [2.24, 2.45) is 0 Å². The molecule has 0 radical (unpaired) electrons. The Hall–Kier alpha value is -2.09. The minimum absolute atomic E-state index is 0.0277. The van der Waals surface area contributed by atoms with Crippen molar-refractivity contribution in [1.82, 2.24) is 10.2 Å². The summed E-state index contributed by atoms with van der Waals surface area (Å²) < 4.78 is 30.1. The highest BCUT2D eigenvalue weighted by molar-refractivity contribution is 7.15. The molecule has 0 aliphatic rings. The summed E-state index contributed by atoms with van der Waals surface area (Å²) in [7, 11) is 0. The average Bonchev–Trinajstić information content (AvgIpc) is 2.88. The Bertz CT molecular complexity index is 646. The van der Waals surface area contributed by atoms with Gasteiger partial charge in [-0.25, -0.2) is 8.78 Å². The molecule has 0 bridgehead atoms. The maximum atomic E-state index is 12.3. The number of carbonyl (C=O) groups is 1. The summed E-state index contributed by atoms with van der Waals surface area (Å²) >= 11 is 0.637. The number of nitrogens with zero attached hydrogens (tertiary/aromatic N) is 2. The number of hydrogen-bond acceptors (Lipinski definition) is 5. The Morgan fingerprint density at radius 1 is 1.38 bits per heavy atom. The van der Waals surface area contributed by atoms with Gasteiger partial charge in [0.1, 0.15) is 5.75 Å². The molecule has 0 fully saturated rings. The predicted molar refractivity (Wildman–Crippen MR) is 74.9 cm³/mol. The number of rotatable bonds is 5. The van der Waals surface area contributed by atoms with Gasteiger partial charge in [0.05, 0.1) is 0 Å². The Kier molecular flexibility index (Phi) is 4.79. The van der Waals surface area contributed by atoms with Crippen molar-refractivity contribution in [2.45, 2.75) is 20.3 Å². The largest absolute Gasteiger partial charge is 0.483 e. The molecule has 5 nitrogen and oxygen atoms in total. The van der Waals surface area contributed by atoms with E-state index in [1.165, 1.54) is 0 Å². The summed E-state index contributed by atoms with van der Waals surface area (Å²) in [5.41, 5.74) is 1.92. The van der Waals surface area contributed by atoms with E-state index in [1.54, 1.807) is 0 Å². The lowest BCUT2D eigenvalue weighted by Crippen LogP contribution is -2.20. The Morgan fingerprint density at radius 2 is 2.14 bits per heavy atom. The zero-order valence-electron chi connectivity index (χ0n) is 11.4. The maximum absolute atomic E-state index is 12.3. The molecule has 1 amide bonds. The third kappa shape index (κ3) is 4.19. The number of hydrogen-bond donors (Lipinski definition) is 1. The minimum atomic E-state index is -2.70. The lowest BCUT2D eigenvalue weighted by atomic mass is 10.1. The molecular formula is C13H13F2N3O2S. The quantitative estimate of drug-likeness (QED) is 0.921. The van der Waals surface area contributed by atoms with Crippen molar-refractivity contribution >= 4 is 22.4 Å². The lowest BCUT2D eigenvalue weighted by molar-refractivity contribution is -0.118. The third-order valence-corrected chi connectivity index (χ3v) is 3.42. The molecule has 0 saturated carbocycles. The fraction of sp³-hybridized carbons (Fsp3) is 0.308. The van der Waals surface area contributed by atoms with Crippen molar-refractivity contribution in [3.63, 3.8) is 0 Å². The van der Waals surface area contributed by atoms with Crippen LogP contribution >= 0.6 is 11.3 Å². The van der Waals surface area contributed by atoms with Crippen LogP contribution in [-0.2, 0) is 4.79 Å². The minimum Gasteiger partial charge on any atom is -0.483 e. The van der Waals surface area contributed by atoms with E-state index >= 15 is 0 Å². The predicted octanol–water partition coefficient (Wildman–Crippen LogP) is 3.11. The van der Waals surface area contributed by atoms with E-state index in [1.807, 2.05) is 32.0 Å². The van der Waals surface area contributed by atoms with Gasteiger partial charge in [0.25, 0.3) is 12.3 Å². The van der Waals surface area contributed by atoms with Crippen LogP contribution in [0.1, 0.15) is 22.6 Å². The zero-order valence-corrected chi connectivity index (χ0v) is 12.2. The summed E-state index contributed by atoms with van der Waals surface area (Å²) in [5.74, 6) is 0.128. The Morgan fingerprint density at radius 3 is 2.81 bits per heavy atom. The second kappa shape index (κ2) is 6.57. The molecule has 21 heavy (non-hydrogen) atoms. The number of carbonyl (C=O) groups excluding carboxylic acids is 1. The number of anilines is 1. The number of aromatic nitrogens is 2. The normalized spacial score (nSPS) is 10.7. The van der Waals surface area contributed by atoms with Crippen molar-refractivity contribution in [3.8, 4) is 5.75 Å². The van der Waals surface area contributed by atoms with Gasteiger partial charge in [-0.3, -0.25) is 10.1 Å². The first-order valence-electron chi connectivity index (χ1n) is 6.07. The smallest absolute Gasteiger partial charge is 0.291 e. The highest BCUT2D eigenvalue weighted by Gasteiger charge is 2.15. The molecule has 0 aliphatic heterocycles. The van der Waals surface area contributed by atoms with E-state index in [9.17, 15) is 13.6 Å². The van der Waals surface area contributed by atoms with Crippen molar-refractivity contribution in [3.05, 3.63) is 34.3 Å². The van der Waals surface area contributed by atoms with Gasteiger partial charge in [-0.05, 0) is 31.0 Å². The first kappa shape index (κ1) is 15.3. The van der Waals surface area contributed by atoms with Crippen LogP contribution in [0.25, 0.3) is 0 Å². The highest BCUT2D eigenvalue weighted by Crippen LogP contribution is 2.25. The number of nitrogens with one attached hydrogen (secondary N) is 1. The topological polar surface area (TPSA) is 64.1 Å². The highest BCUT2D eigenvalue weighted by atomic mass is 32.1. The second-order valence-electron chi connectivity index (χ2n) is 4.35. The number of halogens is 2. The van der Waals surface area contributed by atoms with Gasteiger partial charge in [0.15, 0.2) is 11.6 Å². The summed E-state index contributed by atoms with van der Waals surface area (Å²) in [5, 5.41) is 8.71. The third-order valence-electron chi connectivity index (χ3n) is 2.58. The van der Waals surface area contributed by atoms with Gasteiger partial charge in [-0.1, -0.05) is 23.5 Å². The van der Waals surface area contributed by atoms with Gasteiger partial charge in [0.2, 0.25) is 5.13 Å². The molecule has 8 heteroatoms. The van der Waals surface area contributed by atoms with E-state index in [0.29, 0.717) is 17.1 Å². The van der Waals surface area contributed by atoms with Crippen molar-refractivity contribution < 1.29 is 18.3 Å².